The van der Waals surface area contributed by atoms with Gasteiger partial charge in [0.05, 0.1) is 16.1 Å². The number of hydrogen-bond acceptors (Lipinski definition) is 5. The zero-order valence-corrected chi connectivity index (χ0v) is 13.5. The van der Waals surface area contributed by atoms with E-state index in [0.717, 1.165) is 6.07 Å². The monoisotopic (exact) mass is 363 g/mol. The highest BCUT2D eigenvalue weighted by atomic mass is 32.2. The van der Waals surface area contributed by atoms with Crippen LogP contribution in [-0.4, -0.2) is 42.2 Å². The Morgan fingerprint density at radius 1 is 0.960 bits per heavy atom. The Balaban J connectivity index is 2.31. The number of aromatic carboxylic acids is 1. The molecule has 9 heteroatoms. The molecule has 0 atom stereocenters. The normalized spacial score (nSPS) is 10.9. The van der Waals surface area contributed by atoms with Crippen LogP contribution < -0.4 is 5.32 Å². The number of carbonyl (C=O) groups is 3. The average molecular weight is 363 g/mol. The van der Waals surface area contributed by atoms with E-state index in [9.17, 15) is 22.8 Å². The number of carbonyl (C=O) groups excluding carboxylic acids is 1. The SMILES string of the molecule is O=C(O)CS(=O)(=O)c1cccc(C(=O)Nc2ccccc2C(=O)O)c1. The maximum atomic E-state index is 12.3. The topological polar surface area (TPSA) is 138 Å². The first-order valence-corrected chi connectivity index (χ1v) is 8.54. The lowest BCUT2D eigenvalue weighted by Gasteiger charge is -2.09. The lowest BCUT2D eigenvalue weighted by atomic mass is 10.1. The van der Waals surface area contributed by atoms with Crippen molar-refractivity contribution in [2.75, 3.05) is 11.1 Å². The van der Waals surface area contributed by atoms with E-state index in [1.54, 1.807) is 0 Å². The van der Waals surface area contributed by atoms with Crippen molar-refractivity contribution in [3.63, 3.8) is 0 Å². The quantitative estimate of drug-likeness (QED) is 0.707. The van der Waals surface area contributed by atoms with Crippen molar-refractivity contribution < 1.29 is 33.0 Å². The molecule has 25 heavy (non-hydrogen) atoms. The zero-order chi connectivity index (χ0) is 18.6. The van der Waals surface area contributed by atoms with Gasteiger partial charge in [0.15, 0.2) is 15.6 Å². The predicted octanol–water partition coefficient (Wildman–Crippen LogP) is 1.50. The average Bonchev–Trinajstić information content (AvgIpc) is 2.54. The number of rotatable bonds is 6. The number of benzene rings is 2. The fourth-order valence-electron chi connectivity index (χ4n) is 2.05. The molecular formula is C16H13NO7S. The second-order valence-electron chi connectivity index (χ2n) is 4.99. The van der Waals surface area contributed by atoms with Gasteiger partial charge in [0.1, 0.15) is 0 Å². The number of para-hydroxylation sites is 1. The molecule has 3 N–H and O–H groups in total. The smallest absolute Gasteiger partial charge is 0.337 e. The van der Waals surface area contributed by atoms with Gasteiger partial charge in [0.25, 0.3) is 5.91 Å². The van der Waals surface area contributed by atoms with Crippen LogP contribution in [-0.2, 0) is 14.6 Å². The van der Waals surface area contributed by atoms with E-state index in [1.807, 2.05) is 0 Å². The van der Waals surface area contributed by atoms with Crippen LogP contribution in [0.1, 0.15) is 20.7 Å². The van der Waals surface area contributed by atoms with Gasteiger partial charge >= 0.3 is 11.9 Å². The van der Waals surface area contributed by atoms with E-state index < -0.39 is 33.4 Å². The molecule has 0 heterocycles. The molecule has 2 rings (SSSR count). The van der Waals surface area contributed by atoms with Crippen molar-refractivity contribution in [2.45, 2.75) is 4.90 Å². The number of hydrogen-bond donors (Lipinski definition) is 3. The maximum absolute atomic E-state index is 12.3. The predicted molar refractivity (Wildman–Crippen MR) is 87.5 cm³/mol. The summed E-state index contributed by atoms with van der Waals surface area (Å²) in [5.41, 5.74) is -0.115. The van der Waals surface area contributed by atoms with Crippen molar-refractivity contribution in [3.05, 3.63) is 59.7 Å². The molecule has 2 aromatic rings. The fraction of sp³-hybridized carbons (Fsp3) is 0.0625. The van der Waals surface area contributed by atoms with Gasteiger partial charge in [-0.3, -0.25) is 9.59 Å². The number of carboxylic acid groups (broad SMARTS) is 2. The third kappa shape index (κ3) is 4.42. The summed E-state index contributed by atoms with van der Waals surface area (Å²) in [5.74, 6) is -4.56. The number of amides is 1. The van der Waals surface area contributed by atoms with Gasteiger partial charge < -0.3 is 15.5 Å². The van der Waals surface area contributed by atoms with Crippen molar-refractivity contribution in [3.8, 4) is 0 Å². The lowest BCUT2D eigenvalue weighted by Crippen LogP contribution is -2.17. The Bertz CT molecular complexity index is 950. The molecule has 0 unspecified atom stereocenters. The largest absolute Gasteiger partial charge is 0.480 e. The third-order valence-corrected chi connectivity index (χ3v) is 4.77. The molecule has 130 valence electrons. The lowest BCUT2D eigenvalue weighted by molar-refractivity contribution is -0.134. The summed E-state index contributed by atoms with van der Waals surface area (Å²) in [6, 6.07) is 10.6. The molecule has 0 aromatic heterocycles. The molecule has 0 spiro atoms. The minimum absolute atomic E-state index is 0.0494. The first-order valence-electron chi connectivity index (χ1n) is 6.89. The van der Waals surface area contributed by atoms with E-state index in [0.29, 0.717) is 0 Å². The highest BCUT2D eigenvalue weighted by molar-refractivity contribution is 7.92. The standard InChI is InChI=1S/C16H13NO7S/c18-14(19)9-25(23,24)11-5-3-4-10(8-11)15(20)17-13-7-2-1-6-12(13)16(21)22/h1-8H,9H2,(H,17,20)(H,18,19)(H,21,22). The van der Waals surface area contributed by atoms with Crippen LogP contribution >= 0.6 is 0 Å². The molecule has 8 nitrogen and oxygen atoms in total. The Labute approximate surface area is 142 Å². The van der Waals surface area contributed by atoms with E-state index in [4.69, 9.17) is 10.2 Å². The summed E-state index contributed by atoms with van der Waals surface area (Å²) >= 11 is 0. The Hall–Kier alpha value is -3.20. The van der Waals surface area contributed by atoms with Gasteiger partial charge in [0, 0.05) is 5.56 Å². The molecule has 0 radical (unpaired) electrons. The minimum atomic E-state index is -4.08. The Morgan fingerprint density at radius 3 is 2.28 bits per heavy atom. The number of carboxylic acids is 2. The summed E-state index contributed by atoms with van der Waals surface area (Å²) in [6.07, 6.45) is 0. The van der Waals surface area contributed by atoms with Crippen LogP contribution in [0.3, 0.4) is 0 Å². The summed E-state index contributed by atoms with van der Waals surface area (Å²) in [5, 5.41) is 20.1. The van der Waals surface area contributed by atoms with Crippen LogP contribution in [0.15, 0.2) is 53.4 Å². The molecule has 0 bridgehead atoms. The molecular weight excluding hydrogens is 350 g/mol. The van der Waals surface area contributed by atoms with Crippen LogP contribution in [0, 0.1) is 0 Å². The van der Waals surface area contributed by atoms with Crippen LogP contribution in [0.5, 0.6) is 0 Å². The molecule has 0 saturated heterocycles. The van der Waals surface area contributed by atoms with Gasteiger partial charge in [-0.2, -0.15) is 0 Å². The second kappa shape index (κ2) is 7.14. The van der Waals surface area contributed by atoms with E-state index in [1.165, 1.54) is 42.5 Å². The summed E-state index contributed by atoms with van der Waals surface area (Å²) in [6.45, 7) is 0. The van der Waals surface area contributed by atoms with E-state index in [2.05, 4.69) is 5.32 Å². The third-order valence-electron chi connectivity index (χ3n) is 3.17. The van der Waals surface area contributed by atoms with Gasteiger partial charge in [-0.25, -0.2) is 13.2 Å². The minimum Gasteiger partial charge on any atom is -0.480 e. The van der Waals surface area contributed by atoms with Crippen molar-refractivity contribution in [1.82, 2.24) is 0 Å². The molecule has 0 aliphatic carbocycles. The van der Waals surface area contributed by atoms with Gasteiger partial charge in [-0.05, 0) is 30.3 Å². The maximum Gasteiger partial charge on any atom is 0.337 e. The van der Waals surface area contributed by atoms with Crippen LogP contribution in [0.2, 0.25) is 0 Å². The van der Waals surface area contributed by atoms with Crippen molar-refractivity contribution in [2.24, 2.45) is 0 Å². The first kappa shape index (κ1) is 18.1. The second-order valence-corrected chi connectivity index (χ2v) is 6.98. The number of anilines is 1. The van der Waals surface area contributed by atoms with Gasteiger partial charge in [-0.1, -0.05) is 18.2 Å². The Kier molecular flexibility index (Phi) is 5.18. The van der Waals surface area contributed by atoms with Gasteiger partial charge in [0.2, 0.25) is 0 Å². The van der Waals surface area contributed by atoms with Crippen LogP contribution in [0.25, 0.3) is 0 Å². The van der Waals surface area contributed by atoms with Gasteiger partial charge in [-0.15, -0.1) is 0 Å². The van der Waals surface area contributed by atoms with Crippen LogP contribution in [0.4, 0.5) is 5.69 Å². The summed E-state index contributed by atoms with van der Waals surface area (Å²) in [7, 11) is -4.08. The molecule has 0 aliphatic heterocycles. The van der Waals surface area contributed by atoms with E-state index >= 15 is 0 Å². The number of aliphatic carboxylic acids is 1. The Morgan fingerprint density at radius 2 is 1.64 bits per heavy atom. The summed E-state index contributed by atoms with van der Waals surface area (Å²) < 4.78 is 23.9. The highest BCUT2D eigenvalue weighted by Gasteiger charge is 2.20. The molecule has 1 amide bonds. The first-order chi connectivity index (χ1) is 11.7. The van der Waals surface area contributed by atoms with Crippen molar-refractivity contribution >= 4 is 33.4 Å². The molecule has 0 aliphatic rings. The number of nitrogens with one attached hydrogen (secondary N) is 1. The zero-order valence-electron chi connectivity index (χ0n) is 12.7. The van der Waals surface area contributed by atoms with Crippen molar-refractivity contribution in [1.29, 1.82) is 0 Å². The molecule has 0 fully saturated rings. The molecule has 0 saturated carbocycles. The highest BCUT2D eigenvalue weighted by Crippen LogP contribution is 2.18. The molecule has 2 aromatic carbocycles. The summed E-state index contributed by atoms with van der Waals surface area (Å²) in [4.78, 5) is 33.7. The van der Waals surface area contributed by atoms with E-state index in [-0.39, 0.29) is 21.7 Å². The fourth-order valence-corrected chi connectivity index (χ4v) is 3.13. The number of sulfone groups is 1.